The smallest absolute Gasteiger partial charge is 0.334 e. The quantitative estimate of drug-likeness (QED) is 0.768. The number of carbonyl (C=O) groups excluding carboxylic acids is 1. The van der Waals surface area contributed by atoms with E-state index in [1.165, 1.54) is 38.5 Å². The maximum Gasteiger partial charge on any atom is 0.336 e. The lowest BCUT2D eigenvalue weighted by Gasteiger charge is -2.25. The zero-order chi connectivity index (χ0) is 11.2. The molecule has 2 rings (SSSR count). The summed E-state index contributed by atoms with van der Waals surface area (Å²) in [5.74, 6) is 0. The van der Waals surface area contributed by atoms with Gasteiger partial charge in [-0.1, -0.05) is 38.5 Å². The van der Waals surface area contributed by atoms with Crippen LogP contribution in [0, 0.1) is 0 Å². The van der Waals surface area contributed by atoms with E-state index in [2.05, 4.69) is 10.6 Å². The fourth-order valence-electron chi connectivity index (χ4n) is 2.83. The first-order valence-corrected chi connectivity index (χ1v) is 6.86. The number of nitrogens with one attached hydrogen (secondary N) is 1. The van der Waals surface area contributed by atoms with E-state index in [1.807, 2.05) is 0 Å². The summed E-state index contributed by atoms with van der Waals surface area (Å²) in [6.45, 7) is 0. The number of urea groups is 1. The van der Waals surface area contributed by atoms with Crippen molar-refractivity contribution in [3.05, 3.63) is 0 Å². The first-order valence-electron chi connectivity index (χ1n) is 6.86. The van der Waals surface area contributed by atoms with Crippen LogP contribution in [0.4, 0.5) is 4.79 Å². The first kappa shape index (κ1) is 11.7. The average Bonchev–Trinajstić information content (AvgIpc) is 2.31. The number of nitrogens with zero attached hydrogens (tertiary/aromatic N) is 1. The van der Waals surface area contributed by atoms with Crippen LogP contribution in [0.15, 0.2) is 0 Å². The lowest BCUT2D eigenvalue weighted by molar-refractivity contribution is 0.223. The Hall–Kier alpha value is -0.730. The van der Waals surface area contributed by atoms with Crippen molar-refractivity contribution in [1.29, 1.82) is 0 Å². The van der Waals surface area contributed by atoms with Crippen molar-refractivity contribution in [2.45, 2.75) is 76.3 Å². The third-order valence-electron chi connectivity index (χ3n) is 3.81. The highest BCUT2D eigenvalue weighted by Gasteiger charge is 2.20. The molecule has 0 bridgehead atoms. The van der Waals surface area contributed by atoms with Gasteiger partial charge in [-0.05, 0) is 25.7 Å². The highest BCUT2D eigenvalue weighted by molar-refractivity contribution is 5.74. The molecule has 3 heteroatoms. The Balaban J connectivity index is 1.66. The molecule has 91 valence electrons. The Morgan fingerprint density at radius 2 is 1.44 bits per heavy atom. The molecule has 1 N–H and O–H groups in total. The van der Waals surface area contributed by atoms with Crippen LogP contribution in [0.3, 0.4) is 0 Å². The van der Waals surface area contributed by atoms with Gasteiger partial charge in [0.25, 0.3) is 0 Å². The summed E-state index contributed by atoms with van der Waals surface area (Å²) in [6, 6.07) is 0.643. The van der Waals surface area contributed by atoms with Crippen LogP contribution in [0.25, 0.3) is 0 Å². The lowest BCUT2D eigenvalue weighted by atomic mass is 9.95. The van der Waals surface area contributed by atoms with E-state index in [0.717, 1.165) is 25.7 Å². The van der Waals surface area contributed by atoms with Gasteiger partial charge in [0, 0.05) is 6.04 Å². The molecule has 1 radical (unpaired) electrons. The van der Waals surface area contributed by atoms with Gasteiger partial charge in [0.1, 0.15) is 0 Å². The van der Waals surface area contributed by atoms with Crippen molar-refractivity contribution in [3.63, 3.8) is 0 Å². The molecule has 0 unspecified atom stereocenters. The molecular weight excluding hydrogens is 200 g/mol. The van der Waals surface area contributed by atoms with Crippen LogP contribution in [-0.2, 0) is 0 Å². The van der Waals surface area contributed by atoms with Gasteiger partial charge in [-0.3, -0.25) is 0 Å². The highest BCUT2D eigenvalue weighted by atomic mass is 16.2. The van der Waals surface area contributed by atoms with Crippen molar-refractivity contribution in [2.24, 2.45) is 0 Å². The van der Waals surface area contributed by atoms with E-state index < -0.39 is 0 Å². The summed E-state index contributed by atoms with van der Waals surface area (Å²) >= 11 is 0. The van der Waals surface area contributed by atoms with Gasteiger partial charge in [0.2, 0.25) is 0 Å². The molecule has 2 amide bonds. The second-order valence-corrected chi connectivity index (χ2v) is 5.21. The third kappa shape index (κ3) is 3.69. The summed E-state index contributed by atoms with van der Waals surface area (Å²) in [7, 11) is 0. The Morgan fingerprint density at radius 1 is 0.875 bits per heavy atom. The Morgan fingerprint density at radius 3 is 2.06 bits per heavy atom. The summed E-state index contributed by atoms with van der Waals surface area (Å²) in [5.41, 5.74) is 0. The predicted octanol–water partition coefficient (Wildman–Crippen LogP) is 2.97. The zero-order valence-electron chi connectivity index (χ0n) is 10.1. The minimum absolute atomic E-state index is 0.0567. The van der Waals surface area contributed by atoms with Gasteiger partial charge in [0.05, 0.1) is 6.04 Å². The topological polar surface area (TPSA) is 43.2 Å². The number of carbonyl (C=O) groups is 1. The molecule has 0 heterocycles. The van der Waals surface area contributed by atoms with Crippen molar-refractivity contribution in [3.8, 4) is 0 Å². The number of amides is 2. The molecule has 16 heavy (non-hydrogen) atoms. The third-order valence-corrected chi connectivity index (χ3v) is 3.81. The van der Waals surface area contributed by atoms with Crippen molar-refractivity contribution < 1.29 is 4.79 Å². The molecule has 2 saturated carbocycles. The minimum Gasteiger partial charge on any atom is -0.334 e. The van der Waals surface area contributed by atoms with Gasteiger partial charge >= 0.3 is 6.03 Å². The second kappa shape index (κ2) is 6.12. The summed E-state index contributed by atoms with van der Waals surface area (Å²) in [5, 5.41) is 7.34. The number of hydrogen-bond acceptors (Lipinski definition) is 1. The molecule has 0 aliphatic heterocycles. The highest BCUT2D eigenvalue weighted by Crippen LogP contribution is 2.19. The molecule has 0 atom stereocenters. The maximum absolute atomic E-state index is 11.7. The van der Waals surface area contributed by atoms with Crippen LogP contribution >= 0.6 is 0 Å². The van der Waals surface area contributed by atoms with E-state index in [0.29, 0.717) is 12.1 Å². The molecule has 0 aromatic rings. The van der Waals surface area contributed by atoms with E-state index >= 15 is 0 Å². The van der Waals surface area contributed by atoms with Crippen LogP contribution in [-0.4, -0.2) is 18.1 Å². The van der Waals surface area contributed by atoms with Crippen molar-refractivity contribution in [2.75, 3.05) is 0 Å². The summed E-state index contributed by atoms with van der Waals surface area (Å²) in [6.07, 6.45) is 12.1. The van der Waals surface area contributed by atoms with Crippen LogP contribution < -0.4 is 10.6 Å². The molecule has 3 nitrogen and oxygen atoms in total. The number of rotatable bonds is 2. The standard InChI is InChI=1S/C13H23N2O/c16-13(14-11-7-3-1-4-8-11)15-12-9-5-2-6-10-12/h11-12H,1-10H2,(H,14,16). The van der Waals surface area contributed by atoms with Gasteiger partial charge in [-0.2, -0.15) is 0 Å². The first-order chi connectivity index (χ1) is 7.84. The Bertz CT molecular complexity index is 196. The van der Waals surface area contributed by atoms with E-state index in [4.69, 9.17) is 0 Å². The minimum atomic E-state index is -0.0567. The van der Waals surface area contributed by atoms with Gasteiger partial charge in [0.15, 0.2) is 0 Å². The van der Waals surface area contributed by atoms with Crippen LogP contribution in [0.2, 0.25) is 0 Å². The van der Waals surface area contributed by atoms with Crippen molar-refractivity contribution in [1.82, 2.24) is 10.6 Å². The Kier molecular flexibility index (Phi) is 4.49. The summed E-state index contributed by atoms with van der Waals surface area (Å²) < 4.78 is 0. The fourth-order valence-corrected chi connectivity index (χ4v) is 2.83. The molecular formula is C13H23N2O. The predicted molar refractivity (Wildman–Crippen MR) is 64.4 cm³/mol. The molecule has 2 aliphatic rings. The van der Waals surface area contributed by atoms with Gasteiger partial charge < -0.3 is 5.32 Å². The molecule has 0 aromatic heterocycles. The maximum atomic E-state index is 11.7. The molecule has 2 aliphatic carbocycles. The van der Waals surface area contributed by atoms with E-state index in [-0.39, 0.29) is 6.03 Å². The van der Waals surface area contributed by atoms with Gasteiger partial charge in [-0.25, -0.2) is 10.1 Å². The zero-order valence-corrected chi connectivity index (χ0v) is 10.1. The monoisotopic (exact) mass is 223 g/mol. The average molecular weight is 223 g/mol. The molecule has 2 fully saturated rings. The SMILES string of the molecule is O=C([N]C1CCCCC1)NC1CCCCC1. The van der Waals surface area contributed by atoms with Crippen LogP contribution in [0.1, 0.15) is 64.2 Å². The van der Waals surface area contributed by atoms with Crippen molar-refractivity contribution >= 4 is 6.03 Å². The van der Waals surface area contributed by atoms with E-state index in [1.54, 1.807) is 0 Å². The fraction of sp³-hybridized carbons (Fsp3) is 0.923. The number of hydrogen-bond donors (Lipinski definition) is 1. The van der Waals surface area contributed by atoms with Gasteiger partial charge in [-0.15, -0.1) is 0 Å². The molecule has 0 spiro atoms. The molecule has 0 aromatic carbocycles. The van der Waals surface area contributed by atoms with Crippen LogP contribution in [0.5, 0.6) is 0 Å². The lowest BCUT2D eigenvalue weighted by Crippen LogP contribution is -2.43. The molecule has 0 saturated heterocycles. The second-order valence-electron chi connectivity index (χ2n) is 5.21. The normalized spacial score (nSPS) is 24.0. The largest absolute Gasteiger partial charge is 0.336 e. The summed E-state index contributed by atoms with van der Waals surface area (Å²) in [4.78, 5) is 11.7. The van der Waals surface area contributed by atoms with E-state index in [9.17, 15) is 4.79 Å². The Labute approximate surface area is 98.4 Å².